The second-order valence-corrected chi connectivity index (χ2v) is 12.3. The molecule has 0 saturated carbocycles. The minimum absolute atomic E-state index is 0.164. The molecule has 0 aliphatic rings. The van der Waals surface area contributed by atoms with Gasteiger partial charge in [0.2, 0.25) is 0 Å². The Morgan fingerprint density at radius 3 is 2.59 bits per heavy atom. The predicted octanol–water partition coefficient (Wildman–Crippen LogP) is 4.06. The summed E-state index contributed by atoms with van der Waals surface area (Å²) >= 11 is 5.79. The minimum Gasteiger partial charge on any atom is -0.320 e. The van der Waals surface area contributed by atoms with Gasteiger partial charge in [0.25, 0.3) is 5.56 Å². The zero-order chi connectivity index (χ0) is 16.5. The monoisotopic (exact) mass is 332 g/mol. The van der Waals surface area contributed by atoms with Gasteiger partial charge in [0.1, 0.15) is 8.07 Å². The molecule has 0 amide bonds. The molecular weight excluding hydrogens is 312 g/mol. The van der Waals surface area contributed by atoms with Crippen molar-refractivity contribution in [2.45, 2.75) is 44.8 Å². The summed E-state index contributed by atoms with van der Waals surface area (Å²) in [6.45, 7) is 11.1. The van der Waals surface area contributed by atoms with Gasteiger partial charge in [-0.3, -0.25) is 9.78 Å². The van der Waals surface area contributed by atoms with Crippen LogP contribution in [0.3, 0.4) is 0 Å². The number of hydrogen-bond donors (Lipinski definition) is 1. The van der Waals surface area contributed by atoms with E-state index in [1.54, 1.807) is 12.3 Å². The van der Waals surface area contributed by atoms with Crippen LogP contribution in [0.5, 0.6) is 0 Å². The number of alkyl halides is 1. The van der Waals surface area contributed by atoms with Crippen LogP contribution in [0.4, 0.5) is 0 Å². The molecule has 2 rings (SSSR count). The van der Waals surface area contributed by atoms with E-state index in [1.807, 2.05) is 6.07 Å². The smallest absolute Gasteiger partial charge is 0.264 e. The topological polar surface area (TPSA) is 45.8 Å². The van der Waals surface area contributed by atoms with Gasteiger partial charge in [0.15, 0.2) is 0 Å². The molecule has 0 bridgehead atoms. The molecule has 0 fully saturated rings. The maximum absolute atomic E-state index is 12.2. The lowest BCUT2D eigenvalue weighted by Crippen LogP contribution is -2.35. The highest BCUT2D eigenvalue weighted by Crippen LogP contribution is 2.35. The maximum atomic E-state index is 12.2. The molecule has 0 radical (unpaired) electrons. The highest BCUT2D eigenvalue weighted by Gasteiger charge is 2.33. The van der Waals surface area contributed by atoms with Crippen molar-refractivity contribution < 1.29 is 0 Å². The number of aromatic nitrogens is 2. The molecule has 2 aromatic heterocycles. The van der Waals surface area contributed by atoms with Crippen LogP contribution in [-0.2, 0) is 5.88 Å². The van der Waals surface area contributed by atoms with Gasteiger partial charge in [-0.15, -0.1) is 17.1 Å². The van der Waals surface area contributed by atoms with Crippen LogP contribution in [0, 0.1) is 11.5 Å². The van der Waals surface area contributed by atoms with E-state index in [1.165, 1.54) is 0 Å². The number of nitrogens with one attached hydrogen (secondary N) is 1. The highest BCUT2D eigenvalue weighted by molar-refractivity contribution is 6.87. The summed E-state index contributed by atoms with van der Waals surface area (Å²) in [7, 11) is -1.74. The number of aromatic amines is 1. The van der Waals surface area contributed by atoms with Gasteiger partial charge in [0, 0.05) is 12.1 Å². The van der Waals surface area contributed by atoms with E-state index in [4.69, 9.17) is 11.6 Å². The fourth-order valence-electron chi connectivity index (χ4n) is 1.70. The van der Waals surface area contributed by atoms with Crippen molar-refractivity contribution in [3.05, 3.63) is 39.8 Å². The Balaban J connectivity index is 2.51. The van der Waals surface area contributed by atoms with Crippen LogP contribution in [0.25, 0.3) is 11.0 Å². The van der Waals surface area contributed by atoms with Crippen molar-refractivity contribution in [1.82, 2.24) is 9.97 Å². The zero-order valence-corrected chi connectivity index (χ0v) is 15.4. The van der Waals surface area contributed by atoms with Gasteiger partial charge in [-0.1, -0.05) is 39.8 Å². The molecule has 3 nitrogen and oxygen atoms in total. The fourth-order valence-corrected chi connectivity index (χ4v) is 2.67. The Bertz CT molecular complexity index is 822. The van der Waals surface area contributed by atoms with Crippen molar-refractivity contribution >= 4 is 30.7 Å². The first-order valence-electron chi connectivity index (χ1n) is 7.25. The van der Waals surface area contributed by atoms with E-state index in [0.717, 1.165) is 11.1 Å². The van der Waals surface area contributed by atoms with Crippen LogP contribution < -0.4 is 5.56 Å². The van der Waals surface area contributed by atoms with Gasteiger partial charge in [-0.2, -0.15) is 0 Å². The van der Waals surface area contributed by atoms with Crippen molar-refractivity contribution in [2.24, 2.45) is 0 Å². The van der Waals surface area contributed by atoms with Crippen LogP contribution in [0.15, 0.2) is 23.1 Å². The Morgan fingerprint density at radius 1 is 1.32 bits per heavy atom. The molecule has 0 unspecified atom stereocenters. The molecule has 0 atom stereocenters. The third kappa shape index (κ3) is 3.42. The van der Waals surface area contributed by atoms with Gasteiger partial charge in [-0.25, -0.2) is 0 Å². The summed E-state index contributed by atoms with van der Waals surface area (Å²) in [4.78, 5) is 19.4. The van der Waals surface area contributed by atoms with Crippen LogP contribution in [-0.4, -0.2) is 18.0 Å². The molecule has 0 saturated heterocycles. The van der Waals surface area contributed by atoms with Crippen molar-refractivity contribution in [1.29, 1.82) is 0 Å². The number of fused-ring (bicyclic) bond motifs is 1. The molecule has 1 N–H and O–H groups in total. The Kier molecular flexibility index (Phi) is 4.51. The largest absolute Gasteiger partial charge is 0.320 e. The van der Waals surface area contributed by atoms with E-state index in [-0.39, 0.29) is 10.6 Å². The lowest BCUT2D eigenvalue weighted by atomic mass is 10.2. The lowest BCUT2D eigenvalue weighted by molar-refractivity contribution is 0.731. The summed E-state index contributed by atoms with van der Waals surface area (Å²) in [6, 6.07) is 3.61. The first-order valence-corrected chi connectivity index (χ1v) is 10.8. The second kappa shape index (κ2) is 5.90. The number of H-pyrrole nitrogens is 1. The standard InChI is InChI=1S/C17H21ClN2OSi/c1-17(2,3)22(4,5)7-6-13-9-14-15(20-16(13)21)8-12(10-18)11-19-14/h8-9,11H,10H2,1-5H3,(H,20,21). The summed E-state index contributed by atoms with van der Waals surface area (Å²) in [5.41, 5.74) is 5.97. The fraction of sp³-hybridized carbons (Fsp3) is 0.412. The first-order chi connectivity index (χ1) is 10.1. The van der Waals surface area contributed by atoms with E-state index >= 15 is 0 Å². The van der Waals surface area contributed by atoms with E-state index in [9.17, 15) is 4.79 Å². The third-order valence-corrected chi connectivity index (χ3v) is 9.10. The van der Waals surface area contributed by atoms with E-state index in [0.29, 0.717) is 17.0 Å². The summed E-state index contributed by atoms with van der Waals surface area (Å²) in [5.74, 6) is 3.46. The average molecular weight is 333 g/mol. The number of hydrogen-bond acceptors (Lipinski definition) is 2. The highest BCUT2D eigenvalue weighted by atomic mass is 35.5. The van der Waals surface area contributed by atoms with Crippen molar-refractivity contribution in [3.8, 4) is 11.5 Å². The minimum atomic E-state index is -1.74. The van der Waals surface area contributed by atoms with E-state index < -0.39 is 8.07 Å². The molecule has 2 aromatic rings. The molecular formula is C17H21ClN2OSi. The van der Waals surface area contributed by atoms with Crippen LogP contribution in [0.1, 0.15) is 31.9 Å². The summed E-state index contributed by atoms with van der Waals surface area (Å²) < 4.78 is 0. The lowest BCUT2D eigenvalue weighted by Gasteiger charge is -2.31. The quantitative estimate of drug-likeness (QED) is 0.486. The molecule has 22 heavy (non-hydrogen) atoms. The Morgan fingerprint density at radius 2 is 2.00 bits per heavy atom. The SMILES string of the molecule is CC(C)(C)[Si](C)(C)C#Cc1cc2ncc(CCl)cc2[nH]c1=O. The molecule has 2 heterocycles. The number of nitrogens with zero attached hydrogens (tertiary/aromatic N) is 1. The van der Waals surface area contributed by atoms with Crippen LogP contribution >= 0.6 is 11.6 Å². The number of pyridine rings is 2. The Labute approximate surface area is 137 Å². The predicted molar refractivity (Wildman–Crippen MR) is 96.0 cm³/mol. The zero-order valence-electron chi connectivity index (χ0n) is 13.7. The molecule has 0 aliphatic heterocycles. The third-order valence-electron chi connectivity index (χ3n) is 4.29. The second-order valence-electron chi connectivity index (χ2n) is 7.05. The molecule has 116 valence electrons. The normalized spacial score (nSPS) is 12.1. The van der Waals surface area contributed by atoms with Crippen LogP contribution in [0.2, 0.25) is 18.1 Å². The Hall–Kier alpha value is -1.57. The average Bonchev–Trinajstić information content (AvgIpc) is 2.43. The number of halogens is 1. The molecule has 5 heteroatoms. The first kappa shape index (κ1) is 16.8. The molecule has 0 spiro atoms. The molecule has 0 aliphatic carbocycles. The maximum Gasteiger partial charge on any atom is 0.264 e. The number of rotatable bonds is 1. The van der Waals surface area contributed by atoms with E-state index in [2.05, 4.69) is 55.3 Å². The van der Waals surface area contributed by atoms with Gasteiger partial charge in [-0.05, 0) is 22.7 Å². The summed E-state index contributed by atoms with van der Waals surface area (Å²) in [5, 5.41) is 0.164. The summed E-state index contributed by atoms with van der Waals surface area (Å²) in [6.07, 6.45) is 1.72. The van der Waals surface area contributed by atoms with Gasteiger partial charge >= 0.3 is 0 Å². The van der Waals surface area contributed by atoms with Gasteiger partial charge in [0.05, 0.1) is 16.6 Å². The molecule has 0 aromatic carbocycles. The van der Waals surface area contributed by atoms with Crippen molar-refractivity contribution in [2.75, 3.05) is 0 Å². The van der Waals surface area contributed by atoms with Gasteiger partial charge < -0.3 is 4.98 Å². The van der Waals surface area contributed by atoms with Crippen molar-refractivity contribution in [3.63, 3.8) is 0 Å².